The Labute approximate surface area is 95.0 Å². The Balaban J connectivity index is 2.40. The smallest absolute Gasteiger partial charge is 0.119 e. The molecule has 0 aliphatic rings. The maximum absolute atomic E-state index is 5.48. The predicted octanol–water partition coefficient (Wildman–Crippen LogP) is 3.27. The minimum absolute atomic E-state index is 0.610. The van der Waals surface area contributed by atoms with E-state index in [-0.39, 0.29) is 0 Å². The van der Waals surface area contributed by atoms with E-state index in [1.54, 1.807) is 11.8 Å². The molecule has 1 aromatic carbocycles. The molecule has 1 rings (SSSR count). The number of rotatable bonds is 5. The summed E-state index contributed by atoms with van der Waals surface area (Å²) in [6, 6.07) is 8.09. The zero-order valence-corrected chi connectivity index (χ0v) is 9.85. The molecule has 0 amide bonds. The maximum atomic E-state index is 5.48. The third-order valence-corrected chi connectivity index (χ3v) is 2.63. The van der Waals surface area contributed by atoms with E-state index >= 15 is 0 Å². The van der Waals surface area contributed by atoms with Gasteiger partial charge in [0.15, 0.2) is 0 Å². The molecule has 0 atom stereocenters. The summed E-state index contributed by atoms with van der Waals surface area (Å²) in [5.41, 5.74) is 0. The van der Waals surface area contributed by atoms with Crippen molar-refractivity contribution in [3.05, 3.63) is 36.4 Å². The van der Waals surface area contributed by atoms with Crippen LogP contribution in [0.1, 0.15) is 0 Å². The second-order valence-electron chi connectivity index (χ2n) is 2.64. The first-order chi connectivity index (χ1) is 6.86. The minimum atomic E-state index is 0.610. The Morgan fingerprint density at radius 2 is 2.00 bits per heavy atom. The Bertz CT molecular complexity index is 280. The van der Waals surface area contributed by atoms with Crippen molar-refractivity contribution in [3.8, 4) is 5.75 Å². The SMILES string of the molecule is CSc1ccc(OCC=CCS)cc1. The van der Waals surface area contributed by atoms with Gasteiger partial charge in [-0.15, -0.1) is 11.8 Å². The van der Waals surface area contributed by atoms with E-state index < -0.39 is 0 Å². The normalized spacial score (nSPS) is 10.7. The van der Waals surface area contributed by atoms with Gasteiger partial charge in [0.1, 0.15) is 12.4 Å². The summed E-state index contributed by atoms with van der Waals surface area (Å²) in [6.45, 7) is 0.610. The number of ether oxygens (including phenoxy) is 1. The molecule has 0 unspecified atom stereocenters. The van der Waals surface area contributed by atoms with Crippen LogP contribution < -0.4 is 4.74 Å². The van der Waals surface area contributed by atoms with Gasteiger partial charge in [-0.05, 0) is 30.5 Å². The molecule has 0 saturated heterocycles. The van der Waals surface area contributed by atoms with E-state index in [0.717, 1.165) is 11.5 Å². The molecule has 0 aliphatic carbocycles. The standard InChI is InChI=1S/C11H14OS2/c1-14-11-6-4-10(5-7-11)12-8-2-3-9-13/h2-7,13H,8-9H2,1H3. The molecule has 0 spiro atoms. The quantitative estimate of drug-likeness (QED) is 0.469. The second kappa shape index (κ2) is 6.85. The molecule has 1 aromatic rings. The highest BCUT2D eigenvalue weighted by molar-refractivity contribution is 7.98. The van der Waals surface area contributed by atoms with Gasteiger partial charge < -0.3 is 4.74 Å². The van der Waals surface area contributed by atoms with Gasteiger partial charge in [0.25, 0.3) is 0 Å². The average molecular weight is 226 g/mol. The van der Waals surface area contributed by atoms with Crippen molar-refractivity contribution in [2.75, 3.05) is 18.6 Å². The molecule has 0 saturated carbocycles. The van der Waals surface area contributed by atoms with Crippen LogP contribution >= 0.6 is 24.4 Å². The van der Waals surface area contributed by atoms with Crippen LogP contribution in [-0.2, 0) is 0 Å². The van der Waals surface area contributed by atoms with E-state index in [9.17, 15) is 0 Å². The van der Waals surface area contributed by atoms with Crippen molar-refractivity contribution in [2.45, 2.75) is 4.90 Å². The van der Waals surface area contributed by atoms with Crippen molar-refractivity contribution >= 4 is 24.4 Å². The van der Waals surface area contributed by atoms with Crippen molar-refractivity contribution in [1.82, 2.24) is 0 Å². The molecule has 0 heterocycles. The second-order valence-corrected chi connectivity index (χ2v) is 3.89. The largest absolute Gasteiger partial charge is 0.490 e. The number of benzene rings is 1. The summed E-state index contributed by atoms with van der Waals surface area (Å²) >= 11 is 5.79. The first kappa shape index (κ1) is 11.5. The molecule has 14 heavy (non-hydrogen) atoms. The van der Waals surface area contributed by atoms with Gasteiger partial charge in [0.05, 0.1) is 0 Å². The predicted molar refractivity (Wildman–Crippen MR) is 66.7 cm³/mol. The fourth-order valence-electron chi connectivity index (χ4n) is 0.959. The maximum Gasteiger partial charge on any atom is 0.119 e. The molecular weight excluding hydrogens is 212 g/mol. The van der Waals surface area contributed by atoms with E-state index in [1.807, 2.05) is 24.3 Å². The van der Waals surface area contributed by atoms with Crippen LogP contribution in [0.15, 0.2) is 41.3 Å². The monoisotopic (exact) mass is 226 g/mol. The van der Waals surface area contributed by atoms with Crippen molar-refractivity contribution in [3.63, 3.8) is 0 Å². The van der Waals surface area contributed by atoms with Crippen molar-refractivity contribution < 1.29 is 4.74 Å². The van der Waals surface area contributed by atoms with Gasteiger partial charge in [-0.2, -0.15) is 12.6 Å². The molecule has 0 radical (unpaired) electrons. The van der Waals surface area contributed by atoms with E-state index in [4.69, 9.17) is 4.74 Å². The summed E-state index contributed by atoms with van der Waals surface area (Å²) in [4.78, 5) is 1.25. The highest BCUT2D eigenvalue weighted by Crippen LogP contribution is 2.18. The van der Waals surface area contributed by atoms with Crippen LogP contribution in [0.25, 0.3) is 0 Å². The third kappa shape index (κ3) is 4.11. The first-order valence-electron chi connectivity index (χ1n) is 4.39. The van der Waals surface area contributed by atoms with Gasteiger partial charge in [0, 0.05) is 10.6 Å². The van der Waals surface area contributed by atoms with Gasteiger partial charge in [-0.25, -0.2) is 0 Å². The minimum Gasteiger partial charge on any atom is -0.490 e. The summed E-state index contributed by atoms with van der Waals surface area (Å²) in [7, 11) is 0. The number of hydrogen-bond acceptors (Lipinski definition) is 3. The molecule has 0 aliphatic heterocycles. The molecular formula is C11H14OS2. The lowest BCUT2D eigenvalue weighted by Crippen LogP contribution is -1.92. The fourth-order valence-corrected chi connectivity index (χ4v) is 1.52. The molecule has 0 aromatic heterocycles. The van der Waals surface area contributed by atoms with Gasteiger partial charge in [0.2, 0.25) is 0 Å². The van der Waals surface area contributed by atoms with Crippen LogP contribution in [0.4, 0.5) is 0 Å². The lowest BCUT2D eigenvalue weighted by molar-refractivity contribution is 0.362. The van der Waals surface area contributed by atoms with Crippen LogP contribution in [0, 0.1) is 0 Å². The summed E-state index contributed by atoms with van der Waals surface area (Å²) in [5, 5.41) is 0. The van der Waals surface area contributed by atoms with Crippen LogP contribution in [0.5, 0.6) is 5.75 Å². The third-order valence-electron chi connectivity index (χ3n) is 1.68. The fraction of sp³-hybridized carbons (Fsp3) is 0.273. The number of hydrogen-bond donors (Lipinski definition) is 1. The zero-order valence-electron chi connectivity index (χ0n) is 8.14. The van der Waals surface area contributed by atoms with E-state index in [1.165, 1.54) is 4.90 Å². The van der Waals surface area contributed by atoms with Crippen molar-refractivity contribution in [1.29, 1.82) is 0 Å². The lowest BCUT2D eigenvalue weighted by Gasteiger charge is -2.03. The van der Waals surface area contributed by atoms with Crippen LogP contribution in [0.2, 0.25) is 0 Å². The molecule has 3 heteroatoms. The van der Waals surface area contributed by atoms with Crippen molar-refractivity contribution in [2.24, 2.45) is 0 Å². The number of thioether (sulfide) groups is 1. The Hall–Kier alpha value is -0.540. The molecule has 0 bridgehead atoms. The van der Waals surface area contributed by atoms with E-state index in [0.29, 0.717) is 6.61 Å². The van der Waals surface area contributed by atoms with E-state index in [2.05, 4.69) is 31.0 Å². The van der Waals surface area contributed by atoms with Gasteiger partial charge in [-0.1, -0.05) is 12.2 Å². The Kier molecular flexibility index (Phi) is 5.64. The summed E-state index contributed by atoms with van der Waals surface area (Å²) < 4.78 is 5.48. The van der Waals surface area contributed by atoms with Gasteiger partial charge >= 0.3 is 0 Å². The Morgan fingerprint density at radius 3 is 2.57 bits per heavy atom. The Morgan fingerprint density at radius 1 is 1.29 bits per heavy atom. The topological polar surface area (TPSA) is 9.23 Å². The zero-order chi connectivity index (χ0) is 10.2. The average Bonchev–Trinajstić information content (AvgIpc) is 2.25. The van der Waals surface area contributed by atoms with Crippen LogP contribution in [0.3, 0.4) is 0 Å². The van der Waals surface area contributed by atoms with Gasteiger partial charge in [-0.3, -0.25) is 0 Å². The molecule has 0 N–H and O–H groups in total. The number of thiol groups is 1. The molecule has 1 nitrogen and oxygen atoms in total. The molecule has 0 fully saturated rings. The summed E-state index contributed by atoms with van der Waals surface area (Å²) in [5.74, 6) is 1.67. The lowest BCUT2D eigenvalue weighted by atomic mass is 10.3. The highest BCUT2D eigenvalue weighted by Gasteiger charge is 1.92. The summed E-state index contributed by atoms with van der Waals surface area (Å²) in [6.07, 6.45) is 6.00. The van der Waals surface area contributed by atoms with Crippen LogP contribution in [-0.4, -0.2) is 18.6 Å². The molecule has 76 valence electrons. The first-order valence-corrected chi connectivity index (χ1v) is 6.25. The highest BCUT2D eigenvalue weighted by atomic mass is 32.2.